The second-order valence-corrected chi connectivity index (χ2v) is 12.4. The summed E-state index contributed by atoms with van der Waals surface area (Å²) in [6.45, 7) is 5.05. The number of aromatic nitrogens is 3. The van der Waals surface area contributed by atoms with Crippen LogP contribution in [0.2, 0.25) is 5.02 Å². The van der Waals surface area contributed by atoms with Crippen LogP contribution in [-0.4, -0.2) is 48.5 Å². The minimum atomic E-state index is -4.29. The third-order valence-electron chi connectivity index (χ3n) is 6.80. The number of amides is 1. The molecule has 3 N–H and O–H groups in total. The maximum Gasteiger partial charge on any atom is 0.281 e. The number of hydrogen-bond acceptors (Lipinski definition) is 9. The zero-order valence-electron chi connectivity index (χ0n) is 23.2. The van der Waals surface area contributed by atoms with E-state index in [1.807, 2.05) is 49.1 Å². The zero-order valence-corrected chi connectivity index (χ0v) is 24.8. The van der Waals surface area contributed by atoms with Gasteiger partial charge in [0.25, 0.3) is 15.9 Å². The lowest BCUT2D eigenvalue weighted by Crippen LogP contribution is -2.38. The Morgan fingerprint density at radius 2 is 1.93 bits per heavy atom. The number of nitrogens with zero attached hydrogens (tertiary/aromatic N) is 4. The lowest BCUT2D eigenvalue weighted by molar-refractivity contribution is 0.0981. The molecule has 0 radical (unpaired) electrons. The van der Waals surface area contributed by atoms with Gasteiger partial charge in [0, 0.05) is 43.3 Å². The Balaban J connectivity index is 0.00000423. The van der Waals surface area contributed by atoms with Crippen molar-refractivity contribution in [3.8, 4) is 17.1 Å². The highest BCUT2D eigenvalue weighted by Gasteiger charge is 2.29. The van der Waals surface area contributed by atoms with Crippen LogP contribution in [0.4, 0.5) is 11.6 Å². The van der Waals surface area contributed by atoms with Crippen LogP contribution in [0.3, 0.4) is 0 Å². The van der Waals surface area contributed by atoms with Gasteiger partial charge in [-0.1, -0.05) is 29.8 Å². The number of anilines is 2. The first kappa shape index (κ1) is 29.3. The number of hydrogen-bond donors (Lipinski definition) is 2. The largest absolute Gasteiger partial charge is 0.475 e. The van der Waals surface area contributed by atoms with E-state index in [-0.39, 0.29) is 29.9 Å². The number of nitrogens with two attached hydrogens (primary N) is 1. The average Bonchev–Trinajstić information content (AvgIpc) is 2.97. The monoisotopic (exact) mass is 608 g/mol. The molecule has 0 spiro atoms. The Kier molecular flexibility index (Phi) is 8.60. The minimum absolute atomic E-state index is 0. The normalized spacial score (nSPS) is 15.4. The van der Waals surface area contributed by atoms with E-state index < -0.39 is 15.9 Å². The van der Waals surface area contributed by atoms with E-state index in [1.54, 1.807) is 24.4 Å². The van der Waals surface area contributed by atoms with Gasteiger partial charge < -0.3 is 15.4 Å². The number of ether oxygens (including phenoxy) is 1. The van der Waals surface area contributed by atoms with Gasteiger partial charge in [0.2, 0.25) is 5.88 Å². The molecular formula is C30H33ClN6O4S. The van der Waals surface area contributed by atoms with Gasteiger partial charge in [0.1, 0.15) is 11.6 Å². The quantitative estimate of drug-likeness (QED) is 0.272. The van der Waals surface area contributed by atoms with Gasteiger partial charge in [-0.05, 0) is 74.7 Å². The standard InChI is InChI=1S/C30H31ClN6O4S.H2/c1-19(2)41-27-14-11-21(17-33-27)25-13-12-24(30(38)36-42(39,40)28-10-4-9-26(32)35-28)29(34-25)37-15-5-7-22(18-37)20-6-3-8-23(31)16-20;/h3-4,6,8-14,16-17,19,22H,5,7,15,18H2,1-2H3,(H2,32,35)(H,36,38);1H. The molecule has 1 atom stereocenters. The molecule has 42 heavy (non-hydrogen) atoms. The molecule has 1 unspecified atom stereocenters. The molecule has 1 aliphatic heterocycles. The molecule has 220 valence electrons. The van der Waals surface area contributed by atoms with Crippen LogP contribution in [0.1, 0.15) is 50.0 Å². The lowest BCUT2D eigenvalue weighted by Gasteiger charge is -2.35. The molecule has 1 saturated heterocycles. The van der Waals surface area contributed by atoms with E-state index in [4.69, 9.17) is 27.1 Å². The molecule has 1 fully saturated rings. The topological polar surface area (TPSA) is 140 Å². The number of carbonyl (C=O) groups excluding carboxylic acids is 1. The number of carbonyl (C=O) groups is 1. The number of benzene rings is 1. The Labute approximate surface area is 251 Å². The van der Waals surface area contributed by atoms with E-state index in [0.29, 0.717) is 35.5 Å². The Bertz CT molecular complexity index is 1710. The van der Waals surface area contributed by atoms with Crippen molar-refractivity contribution in [3.05, 3.63) is 89.1 Å². The number of nitrogen functional groups attached to an aromatic ring is 1. The van der Waals surface area contributed by atoms with Gasteiger partial charge in [-0.15, -0.1) is 0 Å². The van der Waals surface area contributed by atoms with E-state index >= 15 is 0 Å². The van der Waals surface area contributed by atoms with Gasteiger partial charge >= 0.3 is 0 Å². The molecule has 4 aromatic rings. The number of pyridine rings is 3. The molecule has 0 saturated carbocycles. The summed E-state index contributed by atoms with van der Waals surface area (Å²) in [4.78, 5) is 28.6. The summed E-state index contributed by atoms with van der Waals surface area (Å²) < 4.78 is 33.8. The van der Waals surface area contributed by atoms with E-state index in [9.17, 15) is 13.2 Å². The van der Waals surface area contributed by atoms with Crippen LogP contribution < -0.4 is 20.1 Å². The number of rotatable bonds is 8. The summed E-state index contributed by atoms with van der Waals surface area (Å²) in [6, 6.07) is 18.8. The first-order valence-corrected chi connectivity index (χ1v) is 15.4. The number of nitrogens with one attached hydrogen (secondary N) is 1. The van der Waals surface area contributed by atoms with Crippen molar-refractivity contribution >= 4 is 39.2 Å². The second kappa shape index (κ2) is 12.3. The zero-order chi connectivity index (χ0) is 29.9. The maximum absolute atomic E-state index is 13.5. The number of piperidine rings is 1. The van der Waals surface area contributed by atoms with E-state index in [0.717, 1.165) is 24.0 Å². The summed E-state index contributed by atoms with van der Waals surface area (Å²) in [6.07, 6.45) is 3.42. The summed E-state index contributed by atoms with van der Waals surface area (Å²) in [7, 11) is -4.29. The lowest BCUT2D eigenvalue weighted by atomic mass is 9.90. The predicted octanol–water partition coefficient (Wildman–Crippen LogP) is 5.31. The molecule has 3 aromatic heterocycles. The van der Waals surface area contributed by atoms with Crippen LogP contribution >= 0.6 is 11.6 Å². The SMILES string of the molecule is CC(C)Oc1ccc(-c2ccc(C(=O)NS(=O)(=O)c3cccc(N)n3)c(N3CCCC(c4cccc(Cl)c4)C3)n2)cn1.[HH]. The van der Waals surface area contributed by atoms with Crippen LogP contribution in [-0.2, 0) is 10.0 Å². The van der Waals surface area contributed by atoms with Crippen molar-refractivity contribution in [2.45, 2.75) is 43.7 Å². The first-order chi connectivity index (χ1) is 20.1. The van der Waals surface area contributed by atoms with Crippen molar-refractivity contribution < 1.29 is 19.4 Å². The smallest absolute Gasteiger partial charge is 0.281 e. The number of sulfonamides is 1. The highest BCUT2D eigenvalue weighted by Crippen LogP contribution is 2.33. The van der Waals surface area contributed by atoms with Crippen LogP contribution in [0, 0.1) is 0 Å². The van der Waals surface area contributed by atoms with Crippen molar-refractivity contribution in [1.82, 2.24) is 19.7 Å². The molecule has 0 aliphatic carbocycles. The fourth-order valence-electron chi connectivity index (χ4n) is 4.88. The average molecular weight is 609 g/mol. The van der Waals surface area contributed by atoms with Crippen LogP contribution in [0.25, 0.3) is 11.3 Å². The van der Waals surface area contributed by atoms with Gasteiger partial charge in [-0.2, -0.15) is 8.42 Å². The van der Waals surface area contributed by atoms with Crippen molar-refractivity contribution in [2.75, 3.05) is 23.7 Å². The number of halogens is 1. The van der Waals surface area contributed by atoms with Crippen molar-refractivity contribution in [2.24, 2.45) is 0 Å². The molecule has 1 aliphatic rings. The Morgan fingerprint density at radius 1 is 1.12 bits per heavy atom. The van der Waals surface area contributed by atoms with Crippen molar-refractivity contribution in [1.29, 1.82) is 0 Å². The summed E-state index contributed by atoms with van der Waals surface area (Å²) in [5, 5.41) is 0.304. The Hall–Kier alpha value is -4.22. The molecule has 5 rings (SSSR count). The fourth-order valence-corrected chi connectivity index (χ4v) is 6.02. The highest BCUT2D eigenvalue weighted by atomic mass is 35.5. The third kappa shape index (κ3) is 6.80. The molecule has 12 heteroatoms. The van der Waals surface area contributed by atoms with Gasteiger partial charge in [-0.25, -0.2) is 19.7 Å². The van der Waals surface area contributed by atoms with E-state index in [2.05, 4.69) is 14.7 Å². The predicted molar refractivity (Wildman–Crippen MR) is 164 cm³/mol. The highest BCUT2D eigenvalue weighted by molar-refractivity contribution is 7.90. The molecule has 1 amide bonds. The minimum Gasteiger partial charge on any atom is -0.475 e. The molecule has 1 aromatic carbocycles. The molecule has 0 bridgehead atoms. The Morgan fingerprint density at radius 3 is 2.64 bits per heavy atom. The van der Waals surface area contributed by atoms with Gasteiger partial charge in [0.15, 0.2) is 5.03 Å². The second-order valence-electron chi connectivity index (χ2n) is 10.3. The van der Waals surface area contributed by atoms with Crippen LogP contribution in [0.5, 0.6) is 5.88 Å². The van der Waals surface area contributed by atoms with Crippen LogP contribution in [0.15, 0.2) is 78.0 Å². The maximum atomic E-state index is 13.5. The van der Waals surface area contributed by atoms with Crippen molar-refractivity contribution in [3.63, 3.8) is 0 Å². The molecule has 4 heterocycles. The van der Waals surface area contributed by atoms with Gasteiger partial charge in [0.05, 0.1) is 17.4 Å². The molecule has 10 nitrogen and oxygen atoms in total. The third-order valence-corrected chi connectivity index (χ3v) is 8.26. The summed E-state index contributed by atoms with van der Waals surface area (Å²) >= 11 is 6.27. The summed E-state index contributed by atoms with van der Waals surface area (Å²) in [5.74, 6) is 0.210. The fraction of sp³-hybridized carbons (Fsp3) is 0.267. The first-order valence-electron chi connectivity index (χ1n) is 13.5. The van der Waals surface area contributed by atoms with E-state index in [1.165, 1.54) is 18.2 Å². The van der Waals surface area contributed by atoms with Gasteiger partial charge in [-0.3, -0.25) is 4.79 Å². The summed E-state index contributed by atoms with van der Waals surface area (Å²) in [5.41, 5.74) is 8.18. The molecular weight excluding hydrogens is 576 g/mol.